The van der Waals surface area contributed by atoms with Gasteiger partial charge in [0, 0.05) is 0 Å². The van der Waals surface area contributed by atoms with Gasteiger partial charge in [0.05, 0.1) is 11.1 Å². The van der Waals surface area contributed by atoms with E-state index in [0.717, 1.165) is 37.2 Å². The lowest BCUT2D eigenvalue weighted by Gasteiger charge is -2.33. The summed E-state index contributed by atoms with van der Waals surface area (Å²) in [7, 11) is 0. The van der Waals surface area contributed by atoms with Gasteiger partial charge in [-0.3, -0.25) is 0 Å². The highest BCUT2D eigenvalue weighted by atomic mass is 35.5. The lowest BCUT2D eigenvalue weighted by atomic mass is 9.75. The van der Waals surface area contributed by atoms with Crippen molar-refractivity contribution in [3.8, 4) is 0 Å². The van der Waals surface area contributed by atoms with E-state index < -0.39 is 0 Å². The number of aliphatic hydroxyl groups is 1. The van der Waals surface area contributed by atoms with E-state index >= 15 is 0 Å². The average molecular weight is 285 g/mol. The lowest BCUT2D eigenvalue weighted by Crippen LogP contribution is -2.30. The second kappa shape index (κ2) is 6.71. The van der Waals surface area contributed by atoms with E-state index in [9.17, 15) is 9.50 Å². The number of hydrogen-bond acceptors (Lipinski definition) is 1. The zero-order valence-electron chi connectivity index (χ0n) is 11.4. The zero-order chi connectivity index (χ0) is 13.8. The van der Waals surface area contributed by atoms with Crippen molar-refractivity contribution in [2.75, 3.05) is 0 Å². The number of halogens is 2. The van der Waals surface area contributed by atoms with Gasteiger partial charge < -0.3 is 5.11 Å². The Labute approximate surface area is 119 Å². The molecule has 0 amide bonds. The maximum atomic E-state index is 13.4. The van der Waals surface area contributed by atoms with Crippen LogP contribution >= 0.6 is 11.6 Å². The summed E-state index contributed by atoms with van der Waals surface area (Å²) in [6, 6.07) is 4.96. The Morgan fingerprint density at radius 1 is 1.37 bits per heavy atom. The van der Waals surface area contributed by atoms with Crippen LogP contribution in [0.15, 0.2) is 18.2 Å². The highest BCUT2D eigenvalue weighted by Gasteiger charge is 2.28. The van der Waals surface area contributed by atoms with Crippen molar-refractivity contribution < 1.29 is 9.50 Å². The minimum atomic E-state index is -0.366. The molecule has 0 aliphatic heterocycles. The molecular weight excluding hydrogens is 263 g/mol. The van der Waals surface area contributed by atoms with Crippen LogP contribution < -0.4 is 0 Å². The first-order valence-corrected chi connectivity index (χ1v) is 7.60. The second-order valence-electron chi connectivity index (χ2n) is 5.75. The molecule has 1 aromatic carbocycles. The zero-order valence-corrected chi connectivity index (χ0v) is 12.2. The molecule has 3 unspecified atom stereocenters. The molecule has 1 aliphatic rings. The van der Waals surface area contributed by atoms with Gasteiger partial charge in [-0.05, 0) is 55.2 Å². The second-order valence-corrected chi connectivity index (χ2v) is 6.15. The maximum Gasteiger partial charge on any atom is 0.142 e. The third kappa shape index (κ3) is 3.93. The van der Waals surface area contributed by atoms with Crippen LogP contribution in [-0.4, -0.2) is 11.2 Å². The molecule has 1 N–H and O–H groups in total. The minimum Gasteiger partial charge on any atom is -0.393 e. The fourth-order valence-corrected chi connectivity index (χ4v) is 3.32. The van der Waals surface area contributed by atoms with Gasteiger partial charge in [0.15, 0.2) is 0 Å². The summed E-state index contributed by atoms with van der Waals surface area (Å²) >= 11 is 5.69. The molecule has 1 fully saturated rings. The molecule has 1 saturated carbocycles. The summed E-state index contributed by atoms with van der Waals surface area (Å²) in [6.45, 7) is 2.20. The maximum absolute atomic E-state index is 13.4. The minimum absolute atomic E-state index is 0.164. The molecule has 106 valence electrons. The van der Waals surface area contributed by atoms with Gasteiger partial charge in [-0.15, -0.1) is 0 Å². The topological polar surface area (TPSA) is 20.2 Å². The van der Waals surface area contributed by atoms with Crippen LogP contribution in [0.2, 0.25) is 5.02 Å². The van der Waals surface area contributed by atoms with Crippen LogP contribution in [0.4, 0.5) is 4.39 Å². The molecule has 0 heterocycles. The quantitative estimate of drug-likeness (QED) is 0.857. The van der Waals surface area contributed by atoms with E-state index in [0.29, 0.717) is 0 Å². The van der Waals surface area contributed by atoms with Crippen molar-refractivity contribution >= 4 is 11.6 Å². The van der Waals surface area contributed by atoms with Crippen LogP contribution in [-0.2, 0) is 6.42 Å². The molecule has 0 spiro atoms. The van der Waals surface area contributed by atoms with Crippen LogP contribution in [0.1, 0.15) is 44.6 Å². The molecule has 1 nitrogen and oxygen atoms in total. The summed E-state index contributed by atoms with van der Waals surface area (Å²) in [5.74, 6) is 0.607. The standard InChI is InChI=1S/C16H22ClFO/c1-2-3-11-5-7-16(19)13(8-11)9-12-4-6-14(17)15(18)10-12/h4,6,10-11,13,16,19H,2-3,5,7-9H2,1H3. The van der Waals surface area contributed by atoms with E-state index in [1.807, 2.05) is 6.07 Å². The van der Waals surface area contributed by atoms with Crippen molar-refractivity contribution in [2.24, 2.45) is 11.8 Å². The highest BCUT2D eigenvalue weighted by Crippen LogP contribution is 2.34. The summed E-state index contributed by atoms with van der Waals surface area (Å²) in [6.07, 6.45) is 5.99. The SMILES string of the molecule is CCCC1CCC(O)C(Cc2ccc(Cl)c(F)c2)C1. The van der Waals surface area contributed by atoms with Gasteiger partial charge in [-0.1, -0.05) is 37.4 Å². The van der Waals surface area contributed by atoms with Crippen molar-refractivity contribution in [1.82, 2.24) is 0 Å². The largest absolute Gasteiger partial charge is 0.393 e. The van der Waals surface area contributed by atoms with E-state index in [1.165, 1.54) is 18.9 Å². The van der Waals surface area contributed by atoms with Gasteiger partial charge in [0.2, 0.25) is 0 Å². The Bertz CT molecular complexity index is 421. The molecule has 2 rings (SSSR count). The summed E-state index contributed by atoms with van der Waals surface area (Å²) < 4.78 is 13.4. The third-order valence-electron chi connectivity index (χ3n) is 4.23. The van der Waals surface area contributed by atoms with Gasteiger partial charge in [-0.2, -0.15) is 0 Å². The fourth-order valence-electron chi connectivity index (χ4n) is 3.20. The number of aliphatic hydroxyl groups excluding tert-OH is 1. The Hall–Kier alpha value is -0.600. The Balaban J connectivity index is 2.01. The normalized spacial score (nSPS) is 27.5. The smallest absolute Gasteiger partial charge is 0.142 e. The van der Waals surface area contributed by atoms with Crippen molar-refractivity contribution in [2.45, 2.75) is 51.6 Å². The van der Waals surface area contributed by atoms with E-state index in [2.05, 4.69) is 6.92 Å². The Morgan fingerprint density at radius 3 is 2.84 bits per heavy atom. The van der Waals surface area contributed by atoms with Gasteiger partial charge in [0.25, 0.3) is 0 Å². The summed E-state index contributed by atoms with van der Waals surface area (Å²) in [5, 5.41) is 10.3. The van der Waals surface area contributed by atoms with Gasteiger partial charge >= 0.3 is 0 Å². The van der Waals surface area contributed by atoms with Crippen LogP contribution in [0.5, 0.6) is 0 Å². The highest BCUT2D eigenvalue weighted by molar-refractivity contribution is 6.30. The molecule has 3 heteroatoms. The van der Waals surface area contributed by atoms with Crippen molar-refractivity contribution in [3.63, 3.8) is 0 Å². The Kier molecular flexibility index (Phi) is 5.23. The average Bonchev–Trinajstić information content (AvgIpc) is 2.38. The van der Waals surface area contributed by atoms with Crippen LogP contribution in [0.25, 0.3) is 0 Å². The van der Waals surface area contributed by atoms with Crippen molar-refractivity contribution in [3.05, 3.63) is 34.6 Å². The lowest BCUT2D eigenvalue weighted by molar-refractivity contribution is 0.0462. The van der Waals surface area contributed by atoms with Crippen LogP contribution in [0, 0.1) is 17.7 Å². The third-order valence-corrected chi connectivity index (χ3v) is 4.54. The Morgan fingerprint density at radius 2 is 2.16 bits per heavy atom. The molecule has 1 aromatic rings. The first-order chi connectivity index (χ1) is 9.10. The molecule has 0 bridgehead atoms. The molecule has 3 atom stereocenters. The van der Waals surface area contributed by atoms with E-state index in [4.69, 9.17) is 11.6 Å². The van der Waals surface area contributed by atoms with E-state index in [-0.39, 0.29) is 22.9 Å². The van der Waals surface area contributed by atoms with Crippen LogP contribution in [0.3, 0.4) is 0 Å². The number of hydrogen-bond donors (Lipinski definition) is 1. The van der Waals surface area contributed by atoms with Gasteiger partial charge in [0.1, 0.15) is 5.82 Å². The molecule has 1 aliphatic carbocycles. The first-order valence-electron chi connectivity index (χ1n) is 7.22. The summed E-state index contributed by atoms with van der Waals surface area (Å²) in [4.78, 5) is 0. The van der Waals surface area contributed by atoms with Crippen molar-refractivity contribution in [1.29, 1.82) is 0 Å². The molecule has 0 saturated heterocycles. The molecule has 19 heavy (non-hydrogen) atoms. The predicted molar refractivity (Wildman–Crippen MR) is 76.9 cm³/mol. The summed E-state index contributed by atoms with van der Waals surface area (Å²) in [5.41, 5.74) is 0.933. The first kappa shape index (κ1) is 14.8. The van der Waals surface area contributed by atoms with Gasteiger partial charge in [-0.25, -0.2) is 4.39 Å². The molecule has 0 aromatic heterocycles. The molecular formula is C16H22ClFO. The van der Waals surface area contributed by atoms with E-state index in [1.54, 1.807) is 6.07 Å². The fraction of sp³-hybridized carbons (Fsp3) is 0.625. The number of rotatable bonds is 4. The monoisotopic (exact) mass is 284 g/mol. The number of benzene rings is 1. The predicted octanol–water partition coefficient (Wildman–Crippen LogP) is 4.60. The molecule has 0 radical (unpaired) electrons.